The lowest BCUT2D eigenvalue weighted by atomic mass is 10.9. The normalized spacial score (nSPS) is 11.4. The Hall–Kier alpha value is -2.39. The number of aromatic amines is 1. The highest BCUT2D eigenvalue weighted by Crippen LogP contribution is 1.88. The van der Waals surface area contributed by atoms with E-state index in [-0.39, 0.29) is 11.6 Å². The van der Waals surface area contributed by atoms with Gasteiger partial charge in [-0.25, -0.2) is 4.79 Å². The summed E-state index contributed by atoms with van der Waals surface area (Å²) in [6, 6.07) is 0. The van der Waals surface area contributed by atoms with Crippen LogP contribution in [0.2, 0.25) is 0 Å². The van der Waals surface area contributed by atoms with Crippen LogP contribution in [-0.2, 0) is 0 Å². The number of tetrazole rings is 2. The summed E-state index contributed by atoms with van der Waals surface area (Å²) in [7, 11) is 0. The van der Waals surface area contributed by atoms with Crippen LogP contribution in [0.3, 0.4) is 0 Å². The number of aromatic nitrogens is 9. The predicted octanol–water partition coefficient (Wildman–Crippen LogP) is -2.75. The van der Waals surface area contributed by atoms with Crippen molar-refractivity contribution in [3.63, 3.8) is 0 Å². The molecule has 0 aliphatic carbocycles. The maximum Gasteiger partial charge on any atom is 0.376 e. The Morgan fingerprint density at radius 2 is 2.15 bits per heavy atom. The number of hydrogen-bond donors (Lipinski definition) is 1. The third kappa shape index (κ3) is 0.635. The van der Waals surface area contributed by atoms with Gasteiger partial charge >= 0.3 is 5.69 Å². The SMILES string of the molecule is O=c1n2nnnc2nc2nn[nH]n12. The van der Waals surface area contributed by atoms with Gasteiger partial charge in [0.25, 0.3) is 11.6 Å². The molecular formula is C3HN9O. The maximum absolute atomic E-state index is 11.4. The van der Waals surface area contributed by atoms with Gasteiger partial charge in [-0.1, -0.05) is 10.2 Å². The Kier molecular flexibility index (Phi) is 0.878. The highest BCUT2D eigenvalue weighted by molar-refractivity contribution is 5.32. The molecule has 3 rings (SSSR count). The molecule has 10 nitrogen and oxygen atoms in total. The van der Waals surface area contributed by atoms with E-state index in [4.69, 9.17) is 0 Å². The smallest absolute Gasteiger partial charge is 0.243 e. The molecule has 3 heterocycles. The second-order valence-electron chi connectivity index (χ2n) is 2.22. The summed E-state index contributed by atoms with van der Waals surface area (Å²) in [5.74, 6) is 0.228. The monoisotopic (exact) mass is 179 g/mol. The number of nitrogens with zero attached hydrogens (tertiary/aromatic N) is 8. The lowest BCUT2D eigenvalue weighted by molar-refractivity contribution is 0.708. The fraction of sp³-hybridized carbons (Fsp3) is 0. The number of hydrogen-bond acceptors (Lipinski definition) is 7. The van der Waals surface area contributed by atoms with Crippen molar-refractivity contribution in [3.8, 4) is 0 Å². The zero-order valence-electron chi connectivity index (χ0n) is 5.99. The second kappa shape index (κ2) is 1.85. The fourth-order valence-electron chi connectivity index (χ4n) is 0.962. The van der Waals surface area contributed by atoms with Gasteiger partial charge in [0.15, 0.2) is 0 Å². The fourth-order valence-corrected chi connectivity index (χ4v) is 0.962. The van der Waals surface area contributed by atoms with Crippen molar-refractivity contribution in [1.29, 1.82) is 0 Å². The number of H-pyrrole nitrogens is 1. The summed E-state index contributed by atoms with van der Waals surface area (Å²) in [4.78, 5) is 15.3. The van der Waals surface area contributed by atoms with Gasteiger partial charge in [-0.05, 0) is 15.6 Å². The molecule has 0 saturated carbocycles. The average molecular weight is 179 g/mol. The zero-order chi connectivity index (χ0) is 8.84. The Bertz CT molecular complexity index is 577. The molecule has 0 unspecified atom stereocenters. The van der Waals surface area contributed by atoms with E-state index in [1.165, 1.54) is 0 Å². The standard InChI is InChI=1S/C3HN9O/c13-3-11-1(5-7-9-11)4-2-6-8-10-12(2)3/h(H,4,5,6,9,10). The van der Waals surface area contributed by atoms with E-state index in [9.17, 15) is 4.79 Å². The van der Waals surface area contributed by atoms with E-state index >= 15 is 0 Å². The van der Waals surface area contributed by atoms with Crippen molar-refractivity contribution >= 4 is 11.6 Å². The van der Waals surface area contributed by atoms with Crippen molar-refractivity contribution in [2.45, 2.75) is 0 Å². The molecule has 0 saturated heterocycles. The molecule has 3 aromatic rings. The van der Waals surface area contributed by atoms with Crippen LogP contribution in [0.15, 0.2) is 4.79 Å². The first-order valence-electron chi connectivity index (χ1n) is 3.24. The molecule has 0 bridgehead atoms. The van der Waals surface area contributed by atoms with Crippen molar-refractivity contribution in [3.05, 3.63) is 10.5 Å². The predicted molar refractivity (Wildman–Crippen MR) is 35.7 cm³/mol. The molecule has 1 N–H and O–H groups in total. The summed E-state index contributed by atoms with van der Waals surface area (Å²) in [6.45, 7) is 0. The van der Waals surface area contributed by atoms with Crippen LogP contribution in [0, 0.1) is 0 Å². The van der Waals surface area contributed by atoms with Crippen LogP contribution in [-0.4, -0.2) is 45.1 Å². The first-order chi connectivity index (χ1) is 6.36. The van der Waals surface area contributed by atoms with Crippen molar-refractivity contribution in [2.75, 3.05) is 0 Å². The molecule has 0 aliphatic rings. The minimum Gasteiger partial charge on any atom is -0.243 e. The second-order valence-corrected chi connectivity index (χ2v) is 2.22. The van der Waals surface area contributed by atoms with Crippen LogP contribution in [0.4, 0.5) is 0 Å². The largest absolute Gasteiger partial charge is 0.376 e. The van der Waals surface area contributed by atoms with Crippen molar-refractivity contribution in [2.24, 2.45) is 0 Å². The molecule has 0 aromatic carbocycles. The van der Waals surface area contributed by atoms with Gasteiger partial charge in [-0.2, -0.15) is 10.2 Å². The molecule has 0 fully saturated rings. The third-order valence-electron chi connectivity index (χ3n) is 1.51. The van der Waals surface area contributed by atoms with Crippen LogP contribution in [0.1, 0.15) is 0 Å². The van der Waals surface area contributed by atoms with E-state index in [0.717, 1.165) is 9.03 Å². The van der Waals surface area contributed by atoms with Gasteiger partial charge in [-0.15, -0.1) is 9.03 Å². The van der Waals surface area contributed by atoms with E-state index in [1.807, 2.05) is 0 Å². The number of nitrogens with one attached hydrogen (secondary N) is 1. The third-order valence-corrected chi connectivity index (χ3v) is 1.51. The molecular weight excluding hydrogens is 178 g/mol. The first kappa shape index (κ1) is 6.16. The summed E-state index contributed by atoms with van der Waals surface area (Å²) in [5.41, 5.74) is -0.491. The lowest BCUT2D eigenvalue weighted by Crippen LogP contribution is -2.24. The molecule has 64 valence electrons. The van der Waals surface area contributed by atoms with Crippen LogP contribution in [0.25, 0.3) is 11.6 Å². The molecule has 3 aromatic heterocycles. The summed E-state index contributed by atoms with van der Waals surface area (Å²) in [6.07, 6.45) is 0. The minimum atomic E-state index is -0.491. The van der Waals surface area contributed by atoms with E-state index in [0.29, 0.717) is 0 Å². The Labute approximate surface area is 68.2 Å². The highest BCUT2D eigenvalue weighted by Gasteiger charge is 2.08. The molecule has 10 heteroatoms. The Balaban J connectivity index is 2.76. The molecule has 0 amide bonds. The molecule has 0 aliphatic heterocycles. The summed E-state index contributed by atoms with van der Waals surface area (Å²) < 4.78 is 1.97. The van der Waals surface area contributed by atoms with Gasteiger partial charge in [-0.3, -0.25) is 0 Å². The number of fused-ring (bicyclic) bond motifs is 2. The van der Waals surface area contributed by atoms with Gasteiger partial charge in [0, 0.05) is 0 Å². The first-order valence-corrected chi connectivity index (χ1v) is 3.24. The Morgan fingerprint density at radius 1 is 1.23 bits per heavy atom. The van der Waals surface area contributed by atoms with Crippen LogP contribution >= 0.6 is 0 Å². The maximum atomic E-state index is 11.4. The minimum absolute atomic E-state index is 0.0962. The topological polar surface area (TPSA) is 119 Å². The molecule has 13 heavy (non-hydrogen) atoms. The molecule has 0 atom stereocenters. The lowest BCUT2D eigenvalue weighted by Gasteiger charge is -1.87. The average Bonchev–Trinajstić information content (AvgIpc) is 2.71. The van der Waals surface area contributed by atoms with Crippen LogP contribution < -0.4 is 5.69 Å². The zero-order valence-corrected chi connectivity index (χ0v) is 5.99. The highest BCUT2D eigenvalue weighted by atomic mass is 16.2. The van der Waals surface area contributed by atoms with Gasteiger partial charge in [0.2, 0.25) is 0 Å². The molecule has 0 radical (unpaired) electrons. The van der Waals surface area contributed by atoms with Crippen molar-refractivity contribution in [1.82, 2.24) is 45.1 Å². The van der Waals surface area contributed by atoms with E-state index < -0.39 is 5.69 Å². The summed E-state index contributed by atoms with van der Waals surface area (Å²) >= 11 is 0. The number of rotatable bonds is 0. The Morgan fingerprint density at radius 3 is 3.08 bits per heavy atom. The van der Waals surface area contributed by atoms with Gasteiger partial charge < -0.3 is 0 Å². The molecule has 0 spiro atoms. The summed E-state index contributed by atoms with van der Waals surface area (Å²) in [5, 5.41) is 19.5. The van der Waals surface area contributed by atoms with E-state index in [1.54, 1.807) is 0 Å². The van der Waals surface area contributed by atoms with Gasteiger partial charge in [0.05, 0.1) is 0 Å². The quantitative estimate of drug-likeness (QED) is 0.397. The van der Waals surface area contributed by atoms with E-state index in [2.05, 4.69) is 36.0 Å². The van der Waals surface area contributed by atoms with Crippen molar-refractivity contribution < 1.29 is 0 Å². The van der Waals surface area contributed by atoms with Crippen LogP contribution in [0.5, 0.6) is 0 Å². The van der Waals surface area contributed by atoms with Gasteiger partial charge in [0.1, 0.15) is 0 Å².